The molecule has 0 saturated carbocycles. The van der Waals surface area contributed by atoms with Gasteiger partial charge < -0.3 is 14.4 Å². The minimum atomic E-state index is -0.459. The normalized spacial score (nSPS) is 11.2. The molecule has 0 unspecified atom stereocenters. The summed E-state index contributed by atoms with van der Waals surface area (Å²) in [6, 6.07) is 9.75. The molecule has 0 saturated heterocycles. The van der Waals surface area contributed by atoms with E-state index in [1.54, 1.807) is 31.0 Å². The number of amides is 1. The number of rotatable bonds is 9. The van der Waals surface area contributed by atoms with Crippen molar-refractivity contribution in [1.29, 1.82) is 0 Å². The van der Waals surface area contributed by atoms with Crippen molar-refractivity contribution in [1.82, 2.24) is 19.7 Å². The number of aryl methyl sites for hydroxylation is 1. The van der Waals surface area contributed by atoms with Gasteiger partial charge in [-0.2, -0.15) is 5.10 Å². The number of esters is 1. The van der Waals surface area contributed by atoms with Gasteiger partial charge in [-0.15, -0.1) is 0 Å². The van der Waals surface area contributed by atoms with Crippen LogP contribution in [0.25, 0.3) is 22.3 Å². The summed E-state index contributed by atoms with van der Waals surface area (Å²) in [6.45, 7) is 8.43. The molecule has 0 aliphatic carbocycles. The lowest BCUT2D eigenvalue weighted by Gasteiger charge is -2.22. The highest BCUT2D eigenvalue weighted by Crippen LogP contribution is 2.29. The lowest BCUT2D eigenvalue weighted by Crippen LogP contribution is -2.38. The fourth-order valence-electron chi connectivity index (χ4n) is 3.56. The average molecular weight is 439 g/mol. The molecule has 8 heteroatoms. The number of benzene rings is 1. The fourth-order valence-corrected chi connectivity index (χ4v) is 3.56. The molecular formula is C24H30N4O4. The topological polar surface area (TPSA) is 86.5 Å². The summed E-state index contributed by atoms with van der Waals surface area (Å²) in [5.74, 6) is -0.750. The predicted molar refractivity (Wildman–Crippen MR) is 122 cm³/mol. The fraction of sp³-hybridized carbons (Fsp3) is 0.417. The SMILES string of the molecule is CCOC(=O)CN(CCOC)C(=O)c1cc(-c2ccccc2C)nc2c1cnn2C(C)C. The van der Waals surface area contributed by atoms with Gasteiger partial charge in [0.05, 0.1) is 36.1 Å². The van der Waals surface area contributed by atoms with Crippen LogP contribution >= 0.6 is 0 Å². The van der Waals surface area contributed by atoms with Crippen molar-refractivity contribution in [3.8, 4) is 11.3 Å². The van der Waals surface area contributed by atoms with Gasteiger partial charge in [0.2, 0.25) is 0 Å². The highest BCUT2D eigenvalue weighted by Gasteiger charge is 2.25. The van der Waals surface area contributed by atoms with Crippen LogP contribution in [-0.4, -0.2) is 65.0 Å². The second kappa shape index (κ2) is 10.4. The Hall–Kier alpha value is -3.26. The third-order valence-electron chi connectivity index (χ3n) is 5.19. The van der Waals surface area contributed by atoms with E-state index in [2.05, 4.69) is 5.10 Å². The number of hydrogen-bond donors (Lipinski definition) is 0. The first-order valence-electron chi connectivity index (χ1n) is 10.7. The molecule has 2 aromatic heterocycles. The summed E-state index contributed by atoms with van der Waals surface area (Å²) >= 11 is 0. The van der Waals surface area contributed by atoms with Crippen molar-refractivity contribution in [3.63, 3.8) is 0 Å². The maximum atomic E-state index is 13.6. The number of hydrogen-bond acceptors (Lipinski definition) is 6. The molecule has 0 spiro atoms. The van der Waals surface area contributed by atoms with Gasteiger partial charge in [-0.1, -0.05) is 24.3 Å². The number of fused-ring (bicyclic) bond motifs is 1. The van der Waals surface area contributed by atoms with Gasteiger partial charge in [0.1, 0.15) is 6.54 Å². The molecule has 0 aliphatic heterocycles. The predicted octanol–water partition coefficient (Wildman–Crippen LogP) is 3.64. The third-order valence-corrected chi connectivity index (χ3v) is 5.19. The molecule has 0 atom stereocenters. The summed E-state index contributed by atoms with van der Waals surface area (Å²) in [4.78, 5) is 32.1. The van der Waals surface area contributed by atoms with Crippen LogP contribution < -0.4 is 0 Å². The van der Waals surface area contributed by atoms with Gasteiger partial charge in [-0.3, -0.25) is 9.59 Å². The lowest BCUT2D eigenvalue weighted by molar-refractivity contribution is -0.143. The van der Waals surface area contributed by atoms with E-state index in [9.17, 15) is 9.59 Å². The molecule has 3 rings (SSSR count). The number of carbonyl (C=O) groups excluding carboxylic acids is 2. The monoisotopic (exact) mass is 438 g/mol. The minimum Gasteiger partial charge on any atom is -0.465 e. The van der Waals surface area contributed by atoms with E-state index in [4.69, 9.17) is 14.5 Å². The summed E-state index contributed by atoms with van der Waals surface area (Å²) in [6.07, 6.45) is 1.66. The van der Waals surface area contributed by atoms with Crippen LogP contribution in [0, 0.1) is 6.92 Å². The van der Waals surface area contributed by atoms with Crippen molar-refractivity contribution in [2.75, 3.05) is 33.4 Å². The zero-order chi connectivity index (χ0) is 23.3. The van der Waals surface area contributed by atoms with Crippen LogP contribution in [-0.2, 0) is 14.3 Å². The zero-order valence-electron chi connectivity index (χ0n) is 19.3. The van der Waals surface area contributed by atoms with E-state index in [1.165, 1.54) is 4.90 Å². The second-order valence-corrected chi connectivity index (χ2v) is 7.81. The van der Waals surface area contributed by atoms with Crippen molar-refractivity contribution in [3.05, 3.63) is 47.7 Å². The van der Waals surface area contributed by atoms with Crippen LogP contribution in [0.15, 0.2) is 36.5 Å². The minimum absolute atomic E-state index is 0.0687. The van der Waals surface area contributed by atoms with Crippen molar-refractivity contribution in [2.24, 2.45) is 0 Å². The highest BCUT2D eigenvalue weighted by molar-refractivity contribution is 6.07. The Morgan fingerprint density at radius 3 is 2.62 bits per heavy atom. The van der Waals surface area contributed by atoms with Crippen LogP contribution in [0.4, 0.5) is 0 Å². The van der Waals surface area contributed by atoms with E-state index in [0.29, 0.717) is 28.9 Å². The summed E-state index contributed by atoms with van der Waals surface area (Å²) < 4.78 is 12.0. The van der Waals surface area contributed by atoms with Crippen LogP contribution in [0.1, 0.15) is 42.7 Å². The zero-order valence-corrected chi connectivity index (χ0v) is 19.3. The van der Waals surface area contributed by atoms with Crippen molar-refractivity contribution >= 4 is 22.9 Å². The number of methoxy groups -OCH3 is 1. The molecule has 0 radical (unpaired) electrons. The summed E-state index contributed by atoms with van der Waals surface area (Å²) in [5.41, 5.74) is 3.75. The largest absolute Gasteiger partial charge is 0.465 e. The van der Waals surface area contributed by atoms with Gasteiger partial charge in [-0.25, -0.2) is 9.67 Å². The molecule has 8 nitrogen and oxygen atoms in total. The number of aromatic nitrogens is 3. The first-order chi connectivity index (χ1) is 15.4. The van der Waals surface area contributed by atoms with Crippen molar-refractivity contribution in [2.45, 2.75) is 33.7 Å². The quantitative estimate of drug-likeness (QED) is 0.474. The number of nitrogens with zero attached hydrogens (tertiary/aromatic N) is 4. The van der Waals surface area contributed by atoms with Gasteiger partial charge >= 0.3 is 5.97 Å². The number of carbonyl (C=O) groups is 2. The molecule has 1 amide bonds. The van der Waals surface area contributed by atoms with E-state index in [0.717, 1.165) is 11.1 Å². The van der Waals surface area contributed by atoms with Crippen LogP contribution in [0.5, 0.6) is 0 Å². The maximum Gasteiger partial charge on any atom is 0.325 e. The summed E-state index contributed by atoms with van der Waals surface area (Å²) in [7, 11) is 1.56. The van der Waals surface area contributed by atoms with Gasteiger partial charge in [0.15, 0.2) is 5.65 Å². The molecule has 3 aromatic rings. The smallest absolute Gasteiger partial charge is 0.325 e. The Labute approximate surface area is 188 Å². The first-order valence-corrected chi connectivity index (χ1v) is 10.7. The Morgan fingerprint density at radius 1 is 1.22 bits per heavy atom. The second-order valence-electron chi connectivity index (χ2n) is 7.81. The van der Waals surface area contributed by atoms with E-state index in [-0.39, 0.29) is 31.6 Å². The van der Waals surface area contributed by atoms with Gasteiger partial charge in [0.25, 0.3) is 5.91 Å². The molecule has 1 aromatic carbocycles. The van der Waals surface area contributed by atoms with E-state index < -0.39 is 5.97 Å². The highest BCUT2D eigenvalue weighted by atomic mass is 16.5. The third kappa shape index (κ3) is 4.96. The molecule has 2 heterocycles. The molecule has 0 bridgehead atoms. The van der Waals surface area contributed by atoms with Crippen molar-refractivity contribution < 1.29 is 19.1 Å². The Morgan fingerprint density at radius 2 is 1.97 bits per heavy atom. The number of pyridine rings is 1. The van der Waals surface area contributed by atoms with E-state index in [1.807, 2.05) is 45.0 Å². The Kier molecular flexibility index (Phi) is 7.58. The molecule has 32 heavy (non-hydrogen) atoms. The first kappa shape index (κ1) is 23.4. The average Bonchev–Trinajstić information content (AvgIpc) is 3.20. The molecule has 0 fully saturated rings. The van der Waals surface area contributed by atoms with E-state index >= 15 is 0 Å². The molecule has 0 aliphatic rings. The molecule has 0 N–H and O–H groups in total. The standard InChI is InChI=1S/C24H30N4O4/c1-6-32-22(29)15-27(11-12-31-5)24(30)19-13-21(18-10-8-7-9-17(18)4)26-23-20(19)14-25-28(23)16(2)3/h7-10,13-14,16H,6,11-12,15H2,1-5H3. The van der Waals surface area contributed by atoms with Crippen LogP contribution in [0.2, 0.25) is 0 Å². The Balaban J connectivity index is 2.15. The van der Waals surface area contributed by atoms with Crippen LogP contribution in [0.3, 0.4) is 0 Å². The lowest BCUT2D eigenvalue weighted by atomic mass is 10.0. The van der Waals surface area contributed by atoms with Gasteiger partial charge in [0, 0.05) is 25.3 Å². The number of ether oxygens (including phenoxy) is 2. The summed E-state index contributed by atoms with van der Waals surface area (Å²) in [5, 5.41) is 5.12. The maximum absolute atomic E-state index is 13.6. The Bertz CT molecular complexity index is 1110. The van der Waals surface area contributed by atoms with Gasteiger partial charge in [-0.05, 0) is 39.3 Å². The molecule has 170 valence electrons. The molecular weight excluding hydrogens is 408 g/mol.